The van der Waals surface area contributed by atoms with E-state index in [0.717, 1.165) is 50.2 Å². The van der Waals surface area contributed by atoms with Gasteiger partial charge in [0.15, 0.2) is 5.17 Å². The van der Waals surface area contributed by atoms with Gasteiger partial charge in [0.05, 0.1) is 17.6 Å². The molecule has 1 aromatic heterocycles. The van der Waals surface area contributed by atoms with Gasteiger partial charge in [-0.1, -0.05) is 78.5 Å². The van der Waals surface area contributed by atoms with Crippen LogP contribution in [0.15, 0.2) is 89.0 Å². The molecular weight excluding hydrogens is 517 g/mol. The van der Waals surface area contributed by atoms with Gasteiger partial charge in [0.25, 0.3) is 0 Å². The largest absolute Gasteiger partial charge is 0.445 e. The van der Waals surface area contributed by atoms with Crippen molar-refractivity contribution in [2.24, 2.45) is 10.1 Å². The van der Waals surface area contributed by atoms with Gasteiger partial charge in [-0.25, -0.2) is 4.79 Å². The molecule has 1 aliphatic rings. The third kappa shape index (κ3) is 6.32. The van der Waals surface area contributed by atoms with Crippen molar-refractivity contribution < 1.29 is 9.53 Å². The summed E-state index contributed by atoms with van der Waals surface area (Å²) in [6, 6.07) is 26.0. The Morgan fingerprint density at radius 1 is 0.944 bits per heavy atom. The van der Waals surface area contributed by atoms with Crippen LogP contribution in [0.2, 0.25) is 0 Å². The summed E-state index contributed by atoms with van der Waals surface area (Å²) in [6.07, 6.45) is -0.427. The van der Waals surface area contributed by atoms with Crippen molar-refractivity contribution in [2.45, 2.75) is 13.2 Å². The van der Waals surface area contributed by atoms with Gasteiger partial charge < -0.3 is 14.6 Å². The first kappa shape index (κ1) is 27.4. The second kappa shape index (κ2) is 13.2. The number of fused-ring (bicyclic) bond motifs is 2. The molecule has 0 saturated heterocycles. The van der Waals surface area contributed by atoms with E-state index in [1.807, 2.05) is 54.6 Å². The van der Waals surface area contributed by atoms with E-state index in [-0.39, 0.29) is 31.4 Å². The first-order valence-electron chi connectivity index (χ1n) is 11.2. The lowest BCUT2D eigenvalue weighted by atomic mass is 10.1. The van der Waals surface area contributed by atoms with Crippen LogP contribution in [-0.2, 0) is 17.9 Å². The minimum atomic E-state index is -0.427. The van der Waals surface area contributed by atoms with Crippen molar-refractivity contribution in [1.82, 2.24) is 15.3 Å². The van der Waals surface area contributed by atoms with Crippen LogP contribution >= 0.6 is 36.6 Å². The standard InChI is InChI=1S/C26H25N5O2S.2ClH/c32-26(33-18-19-8-2-1-3-9-19)28-14-16-31-22-12-6-4-10-20(22)24(21-11-5-7-13-23(21)31)29-30-25-27-15-17-34-25;;/h1-13H,14-18H2,(H,27,30)(H,28,32);2*1H. The highest BCUT2D eigenvalue weighted by Crippen LogP contribution is 2.19. The molecule has 0 unspecified atom stereocenters. The van der Waals surface area contributed by atoms with E-state index in [1.165, 1.54) is 0 Å². The number of carbonyl (C=O) groups excluding carboxylic acids is 1. The van der Waals surface area contributed by atoms with Crippen LogP contribution in [0.1, 0.15) is 5.56 Å². The Balaban J connectivity index is 0.00000180. The Labute approximate surface area is 225 Å². The highest BCUT2D eigenvalue weighted by molar-refractivity contribution is 8.14. The molecule has 10 heteroatoms. The summed E-state index contributed by atoms with van der Waals surface area (Å²) in [4.78, 5) is 16.7. The van der Waals surface area contributed by atoms with Gasteiger partial charge in [0.2, 0.25) is 0 Å². The Hall–Kier alpha value is -3.20. The number of hydrogen-bond donors (Lipinski definition) is 2. The van der Waals surface area contributed by atoms with Crippen molar-refractivity contribution in [1.29, 1.82) is 0 Å². The van der Waals surface area contributed by atoms with Crippen LogP contribution in [0.3, 0.4) is 0 Å². The van der Waals surface area contributed by atoms with E-state index < -0.39 is 6.09 Å². The number of carbonyl (C=O) groups is 1. The monoisotopic (exact) mass is 543 g/mol. The highest BCUT2D eigenvalue weighted by atomic mass is 35.5. The van der Waals surface area contributed by atoms with Gasteiger partial charge in [0.1, 0.15) is 12.0 Å². The van der Waals surface area contributed by atoms with Crippen LogP contribution in [0.5, 0.6) is 0 Å². The number of rotatable bonds is 6. The number of alkyl carbamates (subject to hydrolysis) is 1. The summed E-state index contributed by atoms with van der Waals surface area (Å²) in [6.45, 7) is 2.10. The average molecular weight is 545 g/mol. The molecule has 7 nitrogen and oxygen atoms in total. The summed E-state index contributed by atoms with van der Waals surface area (Å²) < 4.78 is 7.56. The summed E-state index contributed by atoms with van der Waals surface area (Å²) in [7, 11) is 0. The zero-order valence-electron chi connectivity index (χ0n) is 19.4. The van der Waals surface area contributed by atoms with Crippen molar-refractivity contribution in [2.75, 3.05) is 18.8 Å². The quantitative estimate of drug-likeness (QED) is 0.262. The second-order valence-corrected chi connectivity index (χ2v) is 8.87. The van der Waals surface area contributed by atoms with Crippen molar-refractivity contribution in [3.63, 3.8) is 0 Å². The van der Waals surface area contributed by atoms with Crippen molar-refractivity contribution >= 4 is 69.6 Å². The van der Waals surface area contributed by atoms with Crippen molar-refractivity contribution in [3.8, 4) is 0 Å². The number of thioether (sulfide) groups is 1. The predicted molar refractivity (Wildman–Crippen MR) is 152 cm³/mol. The molecule has 1 aliphatic heterocycles. The lowest BCUT2D eigenvalue weighted by molar-refractivity contribution is 0.139. The van der Waals surface area contributed by atoms with Gasteiger partial charge in [0, 0.05) is 29.6 Å². The number of halogens is 2. The lowest BCUT2D eigenvalue weighted by Gasteiger charge is -2.17. The Morgan fingerprint density at radius 3 is 2.22 bits per heavy atom. The van der Waals surface area contributed by atoms with E-state index in [9.17, 15) is 4.79 Å². The molecular formula is C26H27Cl2N5O2S. The third-order valence-electron chi connectivity index (χ3n) is 5.57. The SMILES string of the molecule is Cl.Cl.O=C(NCCn1c2ccccc2c(=NNC2=NCCS2)c2ccccc21)OCc1ccccc1. The second-order valence-electron chi connectivity index (χ2n) is 7.78. The topological polar surface area (TPSA) is 80.0 Å². The number of aliphatic imine (C=N–C) groups is 1. The van der Waals surface area contributed by atoms with Crippen molar-refractivity contribution in [3.05, 3.63) is 89.8 Å². The fraction of sp³-hybridized carbons (Fsp3) is 0.192. The van der Waals surface area contributed by atoms with Gasteiger partial charge in [-0.05, 0) is 17.7 Å². The molecule has 4 aromatic rings. The van der Waals surface area contributed by atoms with E-state index in [2.05, 4.69) is 44.6 Å². The zero-order valence-corrected chi connectivity index (χ0v) is 21.9. The first-order chi connectivity index (χ1) is 16.8. The minimum Gasteiger partial charge on any atom is -0.445 e. The molecule has 0 aliphatic carbocycles. The maximum Gasteiger partial charge on any atom is 0.407 e. The van der Waals surface area contributed by atoms with Gasteiger partial charge in [-0.2, -0.15) is 5.10 Å². The Kier molecular flexibility index (Phi) is 10.0. The number of aromatic nitrogens is 1. The highest BCUT2D eigenvalue weighted by Gasteiger charge is 2.11. The number of para-hydroxylation sites is 2. The molecule has 36 heavy (non-hydrogen) atoms. The number of ether oxygens (including phenoxy) is 1. The smallest absolute Gasteiger partial charge is 0.407 e. The fourth-order valence-corrected chi connectivity index (χ4v) is 4.67. The summed E-state index contributed by atoms with van der Waals surface area (Å²) >= 11 is 1.68. The molecule has 0 radical (unpaired) electrons. The molecule has 188 valence electrons. The Morgan fingerprint density at radius 2 is 1.58 bits per heavy atom. The molecule has 0 saturated carbocycles. The number of benzene rings is 3. The van der Waals surface area contributed by atoms with Crippen LogP contribution in [0.25, 0.3) is 21.8 Å². The van der Waals surface area contributed by atoms with Gasteiger partial charge in [-0.15, -0.1) is 24.8 Å². The molecule has 3 aromatic carbocycles. The average Bonchev–Trinajstić information content (AvgIpc) is 3.41. The summed E-state index contributed by atoms with van der Waals surface area (Å²) in [5.74, 6) is 0.981. The number of amidine groups is 1. The van der Waals surface area contributed by atoms with Gasteiger partial charge >= 0.3 is 6.09 Å². The molecule has 1 amide bonds. The number of pyridine rings is 1. The maximum atomic E-state index is 12.2. The first-order valence-corrected chi connectivity index (χ1v) is 12.2. The fourth-order valence-electron chi connectivity index (χ4n) is 4.01. The number of hydrogen-bond acceptors (Lipinski definition) is 6. The molecule has 0 bridgehead atoms. The molecule has 2 heterocycles. The van der Waals surface area contributed by atoms with E-state index in [0.29, 0.717) is 13.1 Å². The Bertz CT molecular complexity index is 1370. The third-order valence-corrected chi connectivity index (χ3v) is 6.45. The normalized spacial score (nSPS) is 12.3. The molecule has 0 spiro atoms. The number of nitrogens with zero attached hydrogens (tertiary/aromatic N) is 3. The molecule has 0 atom stereocenters. The van der Waals surface area contributed by atoms with E-state index in [4.69, 9.17) is 9.84 Å². The van der Waals surface area contributed by atoms with Gasteiger partial charge in [-0.3, -0.25) is 10.4 Å². The lowest BCUT2D eigenvalue weighted by Crippen LogP contribution is -2.28. The van der Waals surface area contributed by atoms with E-state index >= 15 is 0 Å². The van der Waals surface area contributed by atoms with Crippen LogP contribution < -0.4 is 16.1 Å². The molecule has 2 N–H and O–H groups in total. The summed E-state index contributed by atoms with van der Waals surface area (Å²) in [5.41, 5.74) is 6.19. The van der Waals surface area contributed by atoms with E-state index in [1.54, 1.807) is 11.8 Å². The molecule has 0 fully saturated rings. The number of amides is 1. The minimum absolute atomic E-state index is 0. The van der Waals surface area contributed by atoms with Crippen LogP contribution in [0, 0.1) is 0 Å². The van der Waals surface area contributed by atoms with Crippen LogP contribution in [-0.4, -0.2) is 34.7 Å². The predicted octanol–water partition coefficient (Wildman–Crippen LogP) is 5.07. The summed E-state index contributed by atoms with van der Waals surface area (Å²) in [5, 5.41) is 11.4. The maximum absolute atomic E-state index is 12.2. The van der Waals surface area contributed by atoms with Crippen LogP contribution in [0.4, 0.5) is 4.79 Å². The zero-order chi connectivity index (χ0) is 23.2. The molecule has 5 rings (SSSR count). The number of nitrogens with one attached hydrogen (secondary N) is 2.